The standard InChI is InChI=1S/C15H21ClN4O2/c1-9(2)7-10-11-12(18-14(16)17-10)20(4)15(5-6-22-8-15)13(21)19(11)3/h9H,5-8H2,1-4H3. The van der Waals surface area contributed by atoms with E-state index in [1.165, 1.54) is 0 Å². The molecule has 1 atom stereocenters. The highest BCUT2D eigenvalue weighted by Crippen LogP contribution is 2.43. The highest BCUT2D eigenvalue weighted by atomic mass is 35.5. The van der Waals surface area contributed by atoms with Gasteiger partial charge in [0, 0.05) is 27.1 Å². The maximum Gasteiger partial charge on any atom is 0.255 e. The molecule has 3 heterocycles. The monoisotopic (exact) mass is 324 g/mol. The number of anilines is 2. The number of amides is 1. The number of rotatable bonds is 2. The van der Waals surface area contributed by atoms with E-state index in [1.54, 1.807) is 11.9 Å². The Labute approximate surface area is 135 Å². The fraction of sp³-hybridized carbons (Fsp3) is 0.667. The van der Waals surface area contributed by atoms with Gasteiger partial charge in [-0.05, 0) is 23.9 Å². The third kappa shape index (κ3) is 2.16. The molecule has 1 aromatic rings. The van der Waals surface area contributed by atoms with Crippen LogP contribution < -0.4 is 9.80 Å². The minimum absolute atomic E-state index is 0.0379. The predicted octanol–water partition coefficient (Wildman–Crippen LogP) is 1.90. The molecule has 1 saturated heterocycles. The van der Waals surface area contributed by atoms with E-state index in [-0.39, 0.29) is 11.2 Å². The van der Waals surface area contributed by atoms with E-state index in [2.05, 4.69) is 23.8 Å². The molecule has 0 aliphatic carbocycles. The summed E-state index contributed by atoms with van der Waals surface area (Å²) in [4.78, 5) is 25.3. The van der Waals surface area contributed by atoms with Gasteiger partial charge in [-0.25, -0.2) is 4.98 Å². The Bertz CT molecular complexity index is 614. The number of halogens is 1. The first-order valence-corrected chi connectivity index (χ1v) is 7.91. The predicted molar refractivity (Wildman–Crippen MR) is 85.6 cm³/mol. The molecule has 6 nitrogen and oxygen atoms in total. The molecule has 0 N–H and O–H groups in total. The molecule has 1 fully saturated rings. The van der Waals surface area contributed by atoms with Crippen molar-refractivity contribution in [2.24, 2.45) is 5.92 Å². The maximum absolute atomic E-state index is 13.0. The number of likely N-dealkylation sites (N-methyl/N-ethyl adjacent to an activating group) is 2. The van der Waals surface area contributed by atoms with Gasteiger partial charge >= 0.3 is 0 Å². The quantitative estimate of drug-likeness (QED) is 0.778. The molecular weight excluding hydrogens is 304 g/mol. The number of aromatic nitrogens is 2. The fourth-order valence-corrected chi connectivity index (χ4v) is 3.49. The van der Waals surface area contributed by atoms with Crippen molar-refractivity contribution in [3.63, 3.8) is 0 Å². The molecule has 0 radical (unpaired) electrons. The molecule has 3 rings (SSSR count). The molecule has 1 amide bonds. The van der Waals surface area contributed by atoms with Gasteiger partial charge in [-0.3, -0.25) is 4.79 Å². The Kier molecular flexibility index (Phi) is 3.77. The molecule has 1 aromatic heterocycles. The van der Waals surface area contributed by atoms with E-state index in [4.69, 9.17) is 16.3 Å². The summed E-state index contributed by atoms with van der Waals surface area (Å²) in [6, 6.07) is 0. The Hall–Kier alpha value is -1.40. The number of carbonyl (C=O) groups is 1. The maximum atomic E-state index is 13.0. The molecule has 2 aliphatic rings. The Morgan fingerprint density at radius 2 is 2.09 bits per heavy atom. The zero-order chi connectivity index (χ0) is 16.1. The van der Waals surface area contributed by atoms with Gasteiger partial charge in [-0.15, -0.1) is 0 Å². The topological polar surface area (TPSA) is 58.6 Å². The summed E-state index contributed by atoms with van der Waals surface area (Å²) in [5.74, 6) is 1.16. The largest absolute Gasteiger partial charge is 0.378 e. The molecule has 120 valence electrons. The second-order valence-electron chi connectivity index (χ2n) is 6.47. The van der Waals surface area contributed by atoms with Gasteiger partial charge < -0.3 is 14.5 Å². The van der Waals surface area contributed by atoms with E-state index in [0.717, 1.165) is 17.8 Å². The summed E-state index contributed by atoms with van der Waals surface area (Å²) in [5.41, 5.74) is 0.915. The molecule has 1 spiro atoms. The second-order valence-corrected chi connectivity index (χ2v) is 6.80. The van der Waals surface area contributed by atoms with Crippen LogP contribution in [0.3, 0.4) is 0 Å². The van der Waals surface area contributed by atoms with Crippen LogP contribution in [0.2, 0.25) is 5.28 Å². The zero-order valence-corrected chi connectivity index (χ0v) is 14.1. The minimum atomic E-state index is -0.672. The van der Waals surface area contributed by atoms with Crippen LogP contribution in [0.4, 0.5) is 11.5 Å². The van der Waals surface area contributed by atoms with Crippen LogP contribution in [0.15, 0.2) is 0 Å². The van der Waals surface area contributed by atoms with Gasteiger partial charge in [-0.2, -0.15) is 4.98 Å². The Morgan fingerprint density at radius 3 is 2.68 bits per heavy atom. The van der Waals surface area contributed by atoms with Crippen molar-refractivity contribution in [2.75, 3.05) is 37.1 Å². The van der Waals surface area contributed by atoms with E-state index >= 15 is 0 Å². The summed E-state index contributed by atoms with van der Waals surface area (Å²) in [6.45, 7) is 5.19. The van der Waals surface area contributed by atoms with Crippen LogP contribution in [0.5, 0.6) is 0 Å². The number of hydrogen-bond acceptors (Lipinski definition) is 5. The molecule has 7 heteroatoms. The summed E-state index contributed by atoms with van der Waals surface area (Å²) < 4.78 is 5.50. The Balaban J connectivity index is 2.17. The van der Waals surface area contributed by atoms with Crippen LogP contribution >= 0.6 is 11.6 Å². The Morgan fingerprint density at radius 1 is 1.36 bits per heavy atom. The molecule has 2 aliphatic heterocycles. The van der Waals surface area contributed by atoms with Crippen LogP contribution in [-0.2, 0) is 16.0 Å². The van der Waals surface area contributed by atoms with E-state index in [1.807, 2.05) is 11.9 Å². The fourth-order valence-electron chi connectivity index (χ4n) is 3.31. The van der Waals surface area contributed by atoms with Crippen molar-refractivity contribution in [1.82, 2.24) is 9.97 Å². The van der Waals surface area contributed by atoms with Crippen molar-refractivity contribution >= 4 is 29.0 Å². The van der Waals surface area contributed by atoms with Crippen molar-refractivity contribution in [3.8, 4) is 0 Å². The van der Waals surface area contributed by atoms with Gasteiger partial charge in [-0.1, -0.05) is 13.8 Å². The lowest BCUT2D eigenvalue weighted by Gasteiger charge is -2.45. The van der Waals surface area contributed by atoms with Gasteiger partial charge in [0.2, 0.25) is 5.28 Å². The van der Waals surface area contributed by atoms with Gasteiger partial charge in [0.15, 0.2) is 5.82 Å². The smallest absolute Gasteiger partial charge is 0.255 e. The number of ether oxygens (including phenoxy) is 1. The number of hydrogen-bond donors (Lipinski definition) is 0. The molecule has 22 heavy (non-hydrogen) atoms. The van der Waals surface area contributed by atoms with Crippen molar-refractivity contribution in [1.29, 1.82) is 0 Å². The van der Waals surface area contributed by atoms with Crippen LogP contribution in [0.1, 0.15) is 26.0 Å². The van der Waals surface area contributed by atoms with Crippen LogP contribution in [-0.4, -0.2) is 48.7 Å². The van der Waals surface area contributed by atoms with Gasteiger partial charge in [0.1, 0.15) is 11.2 Å². The average molecular weight is 325 g/mol. The lowest BCUT2D eigenvalue weighted by atomic mass is 9.91. The molecule has 1 unspecified atom stereocenters. The van der Waals surface area contributed by atoms with E-state index < -0.39 is 5.54 Å². The lowest BCUT2D eigenvalue weighted by Crippen LogP contribution is -2.62. The highest BCUT2D eigenvalue weighted by Gasteiger charge is 2.52. The lowest BCUT2D eigenvalue weighted by molar-refractivity contribution is -0.123. The van der Waals surface area contributed by atoms with Crippen LogP contribution in [0.25, 0.3) is 0 Å². The number of carbonyl (C=O) groups excluding carboxylic acids is 1. The summed E-state index contributed by atoms with van der Waals surface area (Å²) >= 11 is 6.13. The van der Waals surface area contributed by atoms with Gasteiger partial charge in [0.25, 0.3) is 5.91 Å². The SMILES string of the molecule is CC(C)Cc1nc(Cl)nc2c1N(C)C(=O)C1(CCOC1)N2C. The molecular formula is C15H21ClN4O2. The van der Waals surface area contributed by atoms with E-state index in [9.17, 15) is 4.79 Å². The summed E-state index contributed by atoms with van der Waals surface area (Å²) in [7, 11) is 3.68. The van der Waals surface area contributed by atoms with Gasteiger partial charge in [0.05, 0.1) is 12.3 Å². The first-order valence-electron chi connectivity index (χ1n) is 7.53. The van der Waals surface area contributed by atoms with Crippen molar-refractivity contribution < 1.29 is 9.53 Å². The number of nitrogens with zero attached hydrogens (tertiary/aromatic N) is 4. The second kappa shape index (κ2) is 5.35. The average Bonchev–Trinajstić information content (AvgIpc) is 2.93. The normalized spacial score (nSPS) is 24.5. The zero-order valence-electron chi connectivity index (χ0n) is 13.4. The molecule has 0 aromatic carbocycles. The summed E-state index contributed by atoms with van der Waals surface area (Å²) in [5, 5.41) is 0.220. The van der Waals surface area contributed by atoms with Crippen molar-refractivity contribution in [2.45, 2.75) is 32.2 Å². The van der Waals surface area contributed by atoms with Crippen LogP contribution in [0, 0.1) is 5.92 Å². The van der Waals surface area contributed by atoms with Crippen molar-refractivity contribution in [3.05, 3.63) is 11.0 Å². The summed E-state index contributed by atoms with van der Waals surface area (Å²) in [6.07, 6.45) is 1.41. The molecule has 0 bridgehead atoms. The third-order valence-corrected chi connectivity index (χ3v) is 4.68. The first-order chi connectivity index (χ1) is 10.4. The molecule has 0 saturated carbocycles. The first kappa shape index (κ1) is 15.5. The minimum Gasteiger partial charge on any atom is -0.378 e. The van der Waals surface area contributed by atoms with E-state index in [0.29, 0.717) is 31.4 Å². The number of fused-ring (bicyclic) bond motifs is 1. The third-order valence-electron chi connectivity index (χ3n) is 4.51. The highest BCUT2D eigenvalue weighted by molar-refractivity contribution is 6.28.